The second kappa shape index (κ2) is 8.21. The molecule has 3 aromatic rings. The van der Waals surface area contributed by atoms with Gasteiger partial charge in [0.2, 0.25) is 5.91 Å². The maximum Gasteiger partial charge on any atom is 0.255 e. The van der Waals surface area contributed by atoms with Gasteiger partial charge in [-0.05, 0) is 56.0 Å². The number of halogens is 2. The summed E-state index contributed by atoms with van der Waals surface area (Å²) < 4.78 is 14.9. The molecule has 2 aromatic heterocycles. The predicted molar refractivity (Wildman–Crippen MR) is 108 cm³/mol. The van der Waals surface area contributed by atoms with Gasteiger partial charge in [0.25, 0.3) is 5.91 Å². The lowest BCUT2D eigenvalue weighted by atomic mass is 9.85. The fourth-order valence-corrected chi connectivity index (χ4v) is 3.93. The van der Waals surface area contributed by atoms with Crippen LogP contribution in [0.1, 0.15) is 36.0 Å². The summed E-state index contributed by atoms with van der Waals surface area (Å²) in [6.07, 6.45) is 8.02. The molecular formula is C21H20ClFN4O2. The Morgan fingerprint density at radius 3 is 2.69 bits per heavy atom. The summed E-state index contributed by atoms with van der Waals surface area (Å²) in [5.74, 6) is -0.909. The minimum absolute atomic E-state index is 0.0103. The van der Waals surface area contributed by atoms with Crippen LogP contribution >= 0.6 is 11.6 Å². The first-order valence-corrected chi connectivity index (χ1v) is 9.87. The molecule has 150 valence electrons. The van der Waals surface area contributed by atoms with Crippen LogP contribution in [0.15, 0.2) is 48.9 Å². The Balaban J connectivity index is 1.32. The first-order chi connectivity index (χ1) is 14.0. The first-order valence-electron chi connectivity index (χ1n) is 9.50. The molecule has 0 aliphatic heterocycles. The SMILES string of the molecule is O=C(NC1CCC(C(=O)Nc2ccc(F)cc2Cl)CC1)c1cccn2ccnc12. The highest BCUT2D eigenvalue weighted by molar-refractivity contribution is 6.33. The molecule has 2 heterocycles. The number of imidazole rings is 1. The summed E-state index contributed by atoms with van der Waals surface area (Å²) in [6, 6.07) is 7.46. The average Bonchev–Trinajstić information content (AvgIpc) is 3.19. The lowest BCUT2D eigenvalue weighted by molar-refractivity contribution is -0.120. The Kier molecular flexibility index (Phi) is 5.49. The Bertz CT molecular complexity index is 1060. The lowest BCUT2D eigenvalue weighted by Gasteiger charge is -2.28. The molecule has 0 saturated heterocycles. The van der Waals surface area contributed by atoms with Crippen molar-refractivity contribution < 1.29 is 14.0 Å². The van der Waals surface area contributed by atoms with E-state index in [4.69, 9.17) is 11.6 Å². The van der Waals surface area contributed by atoms with Gasteiger partial charge in [-0.15, -0.1) is 0 Å². The van der Waals surface area contributed by atoms with Crippen LogP contribution in [0, 0.1) is 11.7 Å². The van der Waals surface area contributed by atoms with Crippen molar-refractivity contribution in [3.63, 3.8) is 0 Å². The molecule has 1 aliphatic carbocycles. The molecule has 0 spiro atoms. The standard InChI is InChI=1S/C21H20ClFN4O2/c22-17-12-14(23)5-8-18(17)26-20(28)13-3-6-15(7-4-13)25-21(29)16-2-1-10-27-11-9-24-19(16)27/h1-2,5,8-13,15H,3-4,6-7H2,(H,25,29)(H,26,28). The van der Waals surface area contributed by atoms with E-state index in [0.717, 1.165) is 0 Å². The third kappa shape index (κ3) is 4.24. The van der Waals surface area contributed by atoms with Gasteiger partial charge in [0.1, 0.15) is 11.5 Å². The predicted octanol–water partition coefficient (Wildman–Crippen LogP) is 4.05. The molecule has 4 rings (SSSR count). The molecular weight excluding hydrogens is 395 g/mol. The normalized spacial score (nSPS) is 19.1. The molecule has 2 amide bonds. The van der Waals surface area contributed by atoms with Crippen LogP contribution in [0.3, 0.4) is 0 Å². The van der Waals surface area contributed by atoms with Gasteiger partial charge in [-0.25, -0.2) is 9.37 Å². The van der Waals surface area contributed by atoms with Crippen molar-refractivity contribution >= 4 is 34.7 Å². The van der Waals surface area contributed by atoms with Gasteiger partial charge in [0.15, 0.2) is 0 Å². The number of nitrogens with zero attached hydrogens (tertiary/aromatic N) is 2. The summed E-state index contributed by atoms with van der Waals surface area (Å²) >= 11 is 5.98. The Morgan fingerprint density at radius 2 is 1.93 bits per heavy atom. The molecule has 1 fully saturated rings. The molecule has 0 bridgehead atoms. The van der Waals surface area contributed by atoms with Crippen LogP contribution in [-0.4, -0.2) is 27.2 Å². The van der Waals surface area contributed by atoms with E-state index in [1.807, 2.05) is 12.3 Å². The molecule has 29 heavy (non-hydrogen) atoms. The van der Waals surface area contributed by atoms with E-state index >= 15 is 0 Å². The number of carbonyl (C=O) groups is 2. The van der Waals surface area contributed by atoms with Crippen LogP contribution < -0.4 is 10.6 Å². The van der Waals surface area contributed by atoms with Crippen LogP contribution in [0.25, 0.3) is 5.65 Å². The zero-order valence-electron chi connectivity index (χ0n) is 15.6. The smallest absolute Gasteiger partial charge is 0.255 e. The second-order valence-electron chi connectivity index (χ2n) is 7.22. The van der Waals surface area contributed by atoms with E-state index in [0.29, 0.717) is 42.6 Å². The van der Waals surface area contributed by atoms with E-state index < -0.39 is 5.82 Å². The fourth-order valence-electron chi connectivity index (χ4n) is 3.71. The molecule has 8 heteroatoms. The van der Waals surface area contributed by atoms with Crippen molar-refractivity contribution in [3.05, 3.63) is 65.3 Å². The van der Waals surface area contributed by atoms with Crippen molar-refractivity contribution in [2.45, 2.75) is 31.7 Å². The van der Waals surface area contributed by atoms with Crippen LogP contribution in [0.2, 0.25) is 5.02 Å². The van der Waals surface area contributed by atoms with Crippen molar-refractivity contribution in [2.24, 2.45) is 5.92 Å². The second-order valence-corrected chi connectivity index (χ2v) is 7.62. The highest BCUT2D eigenvalue weighted by atomic mass is 35.5. The molecule has 6 nitrogen and oxygen atoms in total. The zero-order chi connectivity index (χ0) is 20.4. The highest BCUT2D eigenvalue weighted by Gasteiger charge is 2.28. The van der Waals surface area contributed by atoms with Crippen molar-refractivity contribution in [1.29, 1.82) is 0 Å². The molecule has 1 aliphatic rings. The van der Waals surface area contributed by atoms with E-state index in [1.165, 1.54) is 18.2 Å². The minimum atomic E-state index is -0.449. The number of amides is 2. The third-order valence-electron chi connectivity index (χ3n) is 5.29. The van der Waals surface area contributed by atoms with Crippen molar-refractivity contribution in [1.82, 2.24) is 14.7 Å². The number of hydrogen-bond acceptors (Lipinski definition) is 3. The Morgan fingerprint density at radius 1 is 1.14 bits per heavy atom. The van der Waals surface area contributed by atoms with E-state index in [1.54, 1.807) is 22.9 Å². The van der Waals surface area contributed by atoms with Gasteiger partial charge in [0.05, 0.1) is 16.3 Å². The van der Waals surface area contributed by atoms with Crippen LogP contribution in [0.4, 0.5) is 10.1 Å². The quantitative estimate of drug-likeness (QED) is 0.676. The summed E-state index contributed by atoms with van der Waals surface area (Å²) in [6.45, 7) is 0. The molecule has 0 radical (unpaired) electrons. The number of benzene rings is 1. The number of nitrogens with one attached hydrogen (secondary N) is 2. The third-order valence-corrected chi connectivity index (χ3v) is 5.60. The number of aromatic nitrogens is 2. The van der Waals surface area contributed by atoms with Crippen molar-refractivity contribution in [3.8, 4) is 0 Å². The van der Waals surface area contributed by atoms with Gasteiger partial charge >= 0.3 is 0 Å². The Hall–Kier alpha value is -2.93. The number of anilines is 1. The minimum Gasteiger partial charge on any atom is -0.349 e. The Labute approximate surface area is 172 Å². The van der Waals surface area contributed by atoms with Crippen LogP contribution in [0.5, 0.6) is 0 Å². The number of rotatable bonds is 4. The van der Waals surface area contributed by atoms with Gasteiger partial charge < -0.3 is 15.0 Å². The van der Waals surface area contributed by atoms with Gasteiger partial charge in [0, 0.05) is 30.6 Å². The number of carbonyl (C=O) groups excluding carboxylic acids is 2. The number of hydrogen-bond donors (Lipinski definition) is 2. The van der Waals surface area contributed by atoms with Gasteiger partial charge in [-0.2, -0.15) is 0 Å². The number of fused-ring (bicyclic) bond motifs is 1. The maximum atomic E-state index is 13.1. The largest absolute Gasteiger partial charge is 0.349 e. The topological polar surface area (TPSA) is 75.5 Å². The number of pyridine rings is 1. The van der Waals surface area contributed by atoms with E-state index in [2.05, 4.69) is 15.6 Å². The van der Waals surface area contributed by atoms with Gasteiger partial charge in [-0.3, -0.25) is 9.59 Å². The summed E-state index contributed by atoms with van der Waals surface area (Å²) in [5.41, 5.74) is 1.55. The van der Waals surface area contributed by atoms with E-state index in [-0.39, 0.29) is 28.8 Å². The molecule has 2 N–H and O–H groups in total. The molecule has 1 saturated carbocycles. The van der Waals surface area contributed by atoms with Gasteiger partial charge in [-0.1, -0.05) is 11.6 Å². The molecule has 0 atom stereocenters. The molecule has 0 unspecified atom stereocenters. The van der Waals surface area contributed by atoms with E-state index in [9.17, 15) is 14.0 Å². The average molecular weight is 415 g/mol. The lowest BCUT2D eigenvalue weighted by Crippen LogP contribution is -2.39. The highest BCUT2D eigenvalue weighted by Crippen LogP contribution is 2.28. The first kappa shape index (κ1) is 19.4. The maximum absolute atomic E-state index is 13.1. The monoisotopic (exact) mass is 414 g/mol. The zero-order valence-corrected chi connectivity index (χ0v) is 16.3. The summed E-state index contributed by atoms with van der Waals surface area (Å²) in [5, 5.41) is 6.00. The van der Waals surface area contributed by atoms with Crippen molar-refractivity contribution in [2.75, 3.05) is 5.32 Å². The molecule has 1 aromatic carbocycles. The fraction of sp³-hybridized carbons (Fsp3) is 0.286. The van der Waals surface area contributed by atoms with Crippen LogP contribution in [-0.2, 0) is 4.79 Å². The summed E-state index contributed by atoms with van der Waals surface area (Å²) in [4.78, 5) is 29.4. The summed E-state index contributed by atoms with van der Waals surface area (Å²) in [7, 11) is 0.